The van der Waals surface area contributed by atoms with Gasteiger partial charge in [0.15, 0.2) is 11.5 Å². The lowest BCUT2D eigenvalue weighted by atomic mass is 10.1. The minimum absolute atomic E-state index is 0.00645. The second kappa shape index (κ2) is 12.4. The van der Waals surface area contributed by atoms with E-state index in [2.05, 4.69) is 5.32 Å². The van der Waals surface area contributed by atoms with Crippen LogP contribution in [-0.2, 0) is 9.59 Å². The van der Waals surface area contributed by atoms with Crippen LogP contribution in [0.2, 0.25) is 0 Å². The Morgan fingerprint density at radius 3 is 2.61 bits per heavy atom. The molecule has 1 fully saturated rings. The number of thiocarbonyl (C=S) groups is 1. The largest absolute Gasteiger partial charge is 0.506 e. The molecule has 0 atom stereocenters. The van der Waals surface area contributed by atoms with Crippen molar-refractivity contribution in [3.8, 4) is 17.2 Å². The summed E-state index contributed by atoms with van der Waals surface area (Å²) < 4.78 is 11.0. The predicted octanol–water partition coefficient (Wildman–Crippen LogP) is 4.72. The molecule has 0 spiro atoms. The Labute approximate surface area is 217 Å². The first kappa shape index (κ1) is 27.0. The Hall–Kier alpha value is -3.64. The van der Waals surface area contributed by atoms with Gasteiger partial charge in [-0.05, 0) is 42.7 Å². The number of unbranched alkanes of at least 4 members (excludes halogenated alkanes) is 2. The number of ether oxygens (including phenoxy) is 2. The van der Waals surface area contributed by atoms with Crippen LogP contribution in [0.25, 0.3) is 6.08 Å². The summed E-state index contributed by atoms with van der Waals surface area (Å²) in [5.41, 5.74) is 0.550. The average molecular weight is 532 g/mol. The van der Waals surface area contributed by atoms with Crippen molar-refractivity contribution in [1.82, 2.24) is 4.90 Å². The molecule has 1 aliphatic rings. The number of carbonyl (C=O) groups excluding carboxylic acids is 2. The van der Waals surface area contributed by atoms with Gasteiger partial charge in [-0.3, -0.25) is 24.6 Å². The Balaban J connectivity index is 1.47. The SMILES string of the molecule is COc1ccc(/C=C2\SC(=S)N(CCCCCC(=O)Nc3cc([N+](=O)[O-])ccc3O)C2=O)cc1OC. The van der Waals surface area contributed by atoms with Gasteiger partial charge in [-0.2, -0.15) is 0 Å². The smallest absolute Gasteiger partial charge is 0.271 e. The molecule has 0 radical (unpaired) electrons. The van der Waals surface area contributed by atoms with Crippen LogP contribution >= 0.6 is 24.0 Å². The summed E-state index contributed by atoms with van der Waals surface area (Å²) in [6.07, 6.45) is 3.78. The van der Waals surface area contributed by atoms with Crippen LogP contribution in [0.4, 0.5) is 11.4 Å². The normalized spacial score (nSPS) is 14.3. The van der Waals surface area contributed by atoms with Gasteiger partial charge in [-0.25, -0.2) is 0 Å². The molecule has 10 nitrogen and oxygen atoms in total. The number of phenolic OH excluding ortho intramolecular Hbond substituents is 1. The van der Waals surface area contributed by atoms with E-state index in [1.54, 1.807) is 37.3 Å². The van der Waals surface area contributed by atoms with E-state index in [9.17, 15) is 24.8 Å². The molecule has 2 aromatic rings. The number of anilines is 1. The van der Waals surface area contributed by atoms with Gasteiger partial charge in [0.05, 0.1) is 29.7 Å². The lowest BCUT2D eigenvalue weighted by molar-refractivity contribution is -0.384. The zero-order valence-corrected chi connectivity index (χ0v) is 21.3. The molecule has 2 N–H and O–H groups in total. The molecule has 0 unspecified atom stereocenters. The van der Waals surface area contributed by atoms with Crippen molar-refractivity contribution in [2.75, 3.05) is 26.1 Å². The summed E-state index contributed by atoms with van der Waals surface area (Å²) in [5.74, 6) is 0.376. The quantitative estimate of drug-likeness (QED) is 0.106. The second-order valence-corrected chi connectivity index (χ2v) is 9.44. The predicted molar refractivity (Wildman–Crippen MR) is 141 cm³/mol. The lowest BCUT2D eigenvalue weighted by Gasteiger charge is -2.14. The van der Waals surface area contributed by atoms with Gasteiger partial charge in [0, 0.05) is 25.1 Å². The minimum Gasteiger partial charge on any atom is -0.506 e. The average Bonchev–Trinajstić information content (AvgIpc) is 3.12. The molecule has 1 saturated heterocycles. The second-order valence-electron chi connectivity index (χ2n) is 7.77. The van der Waals surface area contributed by atoms with Crippen LogP contribution in [0.1, 0.15) is 31.2 Å². The van der Waals surface area contributed by atoms with E-state index in [1.807, 2.05) is 6.07 Å². The van der Waals surface area contributed by atoms with Gasteiger partial charge in [-0.15, -0.1) is 0 Å². The highest BCUT2D eigenvalue weighted by molar-refractivity contribution is 8.26. The summed E-state index contributed by atoms with van der Waals surface area (Å²) >= 11 is 6.61. The molecule has 36 heavy (non-hydrogen) atoms. The van der Waals surface area contributed by atoms with Gasteiger partial charge in [0.2, 0.25) is 5.91 Å². The third-order valence-corrected chi connectivity index (χ3v) is 6.71. The lowest BCUT2D eigenvalue weighted by Crippen LogP contribution is -2.29. The first-order valence-electron chi connectivity index (χ1n) is 11.0. The van der Waals surface area contributed by atoms with E-state index in [4.69, 9.17) is 21.7 Å². The number of hydrogen-bond donors (Lipinski definition) is 2. The monoisotopic (exact) mass is 531 g/mol. The Bertz CT molecular complexity index is 1220. The van der Waals surface area contributed by atoms with Gasteiger partial charge < -0.3 is 19.9 Å². The number of methoxy groups -OCH3 is 2. The van der Waals surface area contributed by atoms with Crippen molar-refractivity contribution in [1.29, 1.82) is 0 Å². The van der Waals surface area contributed by atoms with Crippen LogP contribution < -0.4 is 14.8 Å². The third-order valence-electron chi connectivity index (χ3n) is 5.33. The first-order chi connectivity index (χ1) is 17.2. The molecule has 0 aliphatic carbocycles. The molecule has 2 aromatic carbocycles. The molecule has 0 aromatic heterocycles. The van der Waals surface area contributed by atoms with Gasteiger partial charge in [0.1, 0.15) is 10.1 Å². The summed E-state index contributed by atoms with van der Waals surface area (Å²) in [6, 6.07) is 8.80. The highest BCUT2D eigenvalue weighted by atomic mass is 32.2. The number of nitro benzene ring substituents is 1. The molecule has 2 amide bonds. The summed E-state index contributed by atoms with van der Waals surface area (Å²) in [7, 11) is 3.10. The first-order valence-corrected chi connectivity index (χ1v) is 12.2. The standard InChI is InChI=1S/C24H25N3O7S2/c1-33-19-10-7-15(12-20(19)34-2)13-21-23(30)26(24(35)36-21)11-5-3-4-6-22(29)25-17-14-16(27(31)32)8-9-18(17)28/h7-10,12-14,28H,3-6,11H2,1-2H3,(H,25,29)/b21-13-. The molecule has 0 saturated carbocycles. The maximum absolute atomic E-state index is 12.8. The number of benzene rings is 2. The number of phenols is 1. The highest BCUT2D eigenvalue weighted by Gasteiger charge is 2.31. The van der Waals surface area contributed by atoms with Crippen LogP contribution in [0.5, 0.6) is 17.2 Å². The van der Waals surface area contributed by atoms with E-state index in [0.29, 0.717) is 46.5 Å². The number of carbonyl (C=O) groups is 2. The number of amides is 2. The Morgan fingerprint density at radius 1 is 1.17 bits per heavy atom. The number of nitro groups is 1. The van der Waals surface area contributed by atoms with Crippen molar-refractivity contribution < 1.29 is 29.1 Å². The van der Waals surface area contributed by atoms with E-state index < -0.39 is 4.92 Å². The molecule has 190 valence electrons. The van der Waals surface area contributed by atoms with Crippen molar-refractivity contribution >= 4 is 57.6 Å². The number of nitrogens with zero attached hydrogens (tertiary/aromatic N) is 2. The fourth-order valence-corrected chi connectivity index (χ4v) is 4.78. The fourth-order valence-electron chi connectivity index (χ4n) is 3.47. The number of hydrogen-bond acceptors (Lipinski definition) is 9. The summed E-state index contributed by atoms with van der Waals surface area (Å²) in [4.78, 5) is 37.3. The third kappa shape index (κ3) is 6.73. The maximum atomic E-state index is 12.8. The van der Waals surface area contributed by atoms with Crippen LogP contribution in [0.3, 0.4) is 0 Å². The number of aromatic hydroxyl groups is 1. The molecule has 12 heteroatoms. The van der Waals surface area contributed by atoms with Crippen LogP contribution in [0.15, 0.2) is 41.3 Å². The fraction of sp³-hybridized carbons (Fsp3) is 0.292. The molecule has 3 rings (SSSR count). The van der Waals surface area contributed by atoms with E-state index >= 15 is 0 Å². The van der Waals surface area contributed by atoms with Crippen molar-refractivity contribution in [2.45, 2.75) is 25.7 Å². The zero-order chi connectivity index (χ0) is 26.2. The Morgan fingerprint density at radius 2 is 1.92 bits per heavy atom. The van der Waals surface area contributed by atoms with Gasteiger partial charge >= 0.3 is 0 Å². The highest BCUT2D eigenvalue weighted by Crippen LogP contribution is 2.35. The summed E-state index contributed by atoms with van der Waals surface area (Å²) in [6.45, 7) is 0.432. The van der Waals surface area contributed by atoms with Gasteiger partial charge in [-0.1, -0.05) is 36.5 Å². The topological polar surface area (TPSA) is 131 Å². The molecule has 0 bridgehead atoms. The number of thioether (sulfide) groups is 1. The zero-order valence-electron chi connectivity index (χ0n) is 19.7. The van der Waals surface area contributed by atoms with Gasteiger partial charge in [0.25, 0.3) is 11.6 Å². The minimum atomic E-state index is -0.605. The van der Waals surface area contributed by atoms with E-state index in [-0.39, 0.29) is 35.4 Å². The molecular formula is C24H25N3O7S2. The van der Waals surface area contributed by atoms with E-state index in [1.165, 1.54) is 11.8 Å². The summed E-state index contributed by atoms with van der Waals surface area (Å²) in [5, 5.41) is 23.2. The molecular weight excluding hydrogens is 506 g/mol. The Kier molecular flexibility index (Phi) is 9.25. The van der Waals surface area contributed by atoms with Crippen molar-refractivity contribution in [2.24, 2.45) is 0 Å². The number of non-ortho nitro benzene ring substituents is 1. The number of nitrogens with one attached hydrogen (secondary N) is 1. The maximum Gasteiger partial charge on any atom is 0.271 e. The van der Waals surface area contributed by atoms with Crippen LogP contribution in [0, 0.1) is 10.1 Å². The van der Waals surface area contributed by atoms with Crippen molar-refractivity contribution in [3.05, 3.63) is 57.0 Å². The van der Waals surface area contributed by atoms with Crippen LogP contribution in [-0.4, -0.2) is 51.8 Å². The molecule has 1 heterocycles. The van der Waals surface area contributed by atoms with E-state index in [0.717, 1.165) is 23.8 Å². The number of rotatable bonds is 11. The molecule has 1 aliphatic heterocycles. The van der Waals surface area contributed by atoms with Crippen molar-refractivity contribution in [3.63, 3.8) is 0 Å².